The fourth-order valence-corrected chi connectivity index (χ4v) is 2.08. The van der Waals surface area contributed by atoms with E-state index in [1.165, 1.54) is 19.3 Å². The second-order valence-electron chi connectivity index (χ2n) is 4.65. The summed E-state index contributed by atoms with van der Waals surface area (Å²) in [7, 11) is 0. The van der Waals surface area contributed by atoms with Gasteiger partial charge in [0.15, 0.2) is 5.89 Å². The Kier molecular flexibility index (Phi) is 3.10. The predicted octanol–water partition coefficient (Wildman–Crippen LogP) is 2.92. The molecule has 1 atom stereocenters. The first kappa shape index (κ1) is 10.7. The molecule has 1 aromatic rings. The summed E-state index contributed by atoms with van der Waals surface area (Å²) < 4.78 is 5.68. The maximum Gasteiger partial charge on any atom is 0.197 e. The number of rotatable bonds is 2. The van der Waals surface area contributed by atoms with Gasteiger partial charge in [0, 0.05) is 5.92 Å². The summed E-state index contributed by atoms with van der Waals surface area (Å²) in [6.07, 6.45) is 3.76. The lowest BCUT2D eigenvalue weighted by molar-refractivity contribution is 0.400. The minimum Gasteiger partial charge on any atom is -0.445 e. The van der Waals surface area contributed by atoms with Crippen LogP contribution in [0.25, 0.3) is 0 Å². The zero-order valence-corrected chi connectivity index (χ0v) is 9.84. The molecule has 0 spiro atoms. The minimum atomic E-state index is 0.376. The van der Waals surface area contributed by atoms with E-state index in [1.54, 1.807) is 0 Å². The van der Waals surface area contributed by atoms with Gasteiger partial charge in [-0.2, -0.15) is 0 Å². The Hall–Kier alpha value is -0.830. The maximum atomic E-state index is 5.68. The fraction of sp³-hybridized carbons (Fsp3) is 0.750. The molecular formula is C12H20N2O. The molecule has 0 aromatic carbocycles. The van der Waals surface area contributed by atoms with Crippen LogP contribution in [0.1, 0.15) is 62.4 Å². The summed E-state index contributed by atoms with van der Waals surface area (Å²) in [5, 5.41) is 3.51. The number of nitrogens with one attached hydrogen (secondary N) is 1. The first-order chi connectivity index (χ1) is 7.18. The molecule has 1 aromatic heterocycles. The van der Waals surface area contributed by atoms with Gasteiger partial charge < -0.3 is 9.73 Å². The minimum absolute atomic E-state index is 0.376. The molecule has 1 unspecified atom stereocenters. The second-order valence-corrected chi connectivity index (χ2v) is 4.65. The number of nitrogens with zero attached hydrogens (tertiary/aromatic N) is 1. The van der Waals surface area contributed by atoms with E-state index >= 15 is 0 Å². The van der Waals surface area contributed by atoms with E-state index in [0.29, 0.717) is 12.0 Å². The van der Waals surface area contributed by atoms with Crippen LogP contribution in [0.15, 0.2) is 4.42 Å². The van der Waals surface area contributed by atoms with Crippen LogP contribution in [0.5, 0.6) is 0 Å². The molecule has 0 saturated carbocycles. The third-order valence-electron chi connectivity index (χ3n) is 2.98. The van der Waals surface area contributed by atoms with Crippen LogP contribution in [-0.4, -0.2) is 11.5 Å². The van der Waals surface area contributed by atoms with Crippen molar-refractivity contribution in [3.05, 3.63) is 17.3 Å². The van der Waals surface area contributed by atoms with Gasteiger partial charge >= 0.3 is 0 Å². The average molecular weight is 208 g/mol. The fourth-order valence-electron chi connectivity index (χ4n) is 2.08. The number of piperidine rings is 1. The van der Waals surface area contributed by atoms with Gasteiger partial charge in [0.2, 0.25) is 0 Å². The molecule has 3 heteroatoms. The summed E-state index contributed by atoms with van der Waals surface area (Å²) in [5.41, 5.74) is 1.12. The Bertz CT molecular complexity index is 324. The van der Waals surface area contributed by atoms with Crippen molar-refractivity contribution in [2.45, 2.75) is 52.0 Å². The van der Waals surface area contributed by atoms with Crippen molar-refractivity contribution < 1.29 is 4.42 Å². The van der Waals surface area contributed by atoms with Crippen LogP contribution in [-0.2, 0) is 0 Å². The molecule has 15 heavy (non-hydrogen) atoms. The first-order valence-electron chi connectivity index (χ1n) is 5.89. The Morgan fingerprint density at radius 3 is 2.73 bits per heavy atom. The van der Waals surface area contributed by atoms with Gasteiger partial charge in [-0.1, -0.05) is 20.3 Å². The number of aryl methyl sites for hydroxylation is 1. The van der Waals surface area contributed by atoms with Crippen LogP contribution in [0, 0.1) is 6.92 Å². The molecule has 1 N–H and O–H groups in total. The smallest absolute Gasteiger partial charge is 0.197 e. The number of oxazole rings is 1. The van der Waals surface area contributed by atoms with E-state index in [9.17, 15) is 0 Å². The Balaban J connectivity index is 2.19. The molecule has 2 heterocycles. The third kappa shape index (κ3) is 2.23. The predicted molar refractivity (Wildman–Crippen MR) is 59.9 cm³/mol. The number of aromatic nitrogens is 1. The molecule has 0 amide bonds. The summed E-state index contributed by atoms with van der Waals surface area (Å²) in [6, 6.07) is 0.412. The molecule has 84 valence electrons. The summed E-state index contributed by atoms with van der Waals surface area (Å²) in [6.45, 7) is 7.35. The van der Waals surface area contributed by atoms with Crippen LogP contribution < -0.4 is 5.32 Å². The van der Waals surface area contributed by atoms with E-state index in [1.807, 2.05) is 6.92 Å². The standard InChI is InChI=1S/C12H20N2O/c1-8(2)12-14-11(9(3)15-12)10-6-4-5-7-13-10/h8,10,13H,4-7H2,1-3H3. The topological polar surface area (TPSA) is 38.1 Å². The lowest BCUT2D eigenvalue weighted by Gasteiger charge is -2.21. The highest BCUT2D eigenvalue weighted by Crippen LogP contribution is 2.27. The second kappa shape index (κ2) is 4.35. The van der Waals surface area contributed by atoms with Gasteiger partial charge in [0.1, 0.15) is 5.76 Å². The van der Waals surface area contributed by atoms with Gasteiger partial charge in [-0.25, -0.2) is 4.98 Å². The quantitative estimate of drug-likeness (QED) is 0.812. The number of hydrogen-bond donors (Lipinski definition) is 1. The van der Waals surface area contributed by atoms with Crippen molar-refractivity contribution in [2.75, 3.05) is 6.54 Å². The number of hydrogen-bond acceptors (Lipinski definition) is 3. The summed E-state index contributed by atoms with van der Waals surface area (Å²) in [4.78, 5) is 4.60. The zero-order chi connectivity index (χ0) is 10.8. The van der Waals surface area contributed by atoms with Crippen molar-refractivity contribution in [1.29, 1.82) is 0 Å². The van der Waals surface area contributed by atoms with Crippen molar-refractivity contribution in [2.24, 2.45) is 0 Å². The third-order valence-corrected chi connectivity index (χ3v) is 2.98. The van der Waals surface area contributed by atoms with E-state index < -0.39 is 0 Å². The SMILES string of the molecule is Cc1oc(C(C)C)nc1C1CCCCN1. The molecule has 3 nitrogen and oxygen atoms in total. The lowest BCUT2D eigenvalue weighted by Crippen LogP contribution is -2.27. The van der Waals surface area contributed by atoms with Crippen molar-refractivity contribution in [3.8, 4) is 0 Å². The first-order valence-corrected chi connectivity index (χ1v) is 5.89. The molecule has 0 aliphatic carbocycles. The highest BCUT2D eigenvalue weighted by molar-refractivity contribution is 5.14. The highest BCUT2D eigenvalue weighted by atomic mass is 16.4. The Morgan fingerprint density at radius 1 is 1.40 bits per heavy atom. The molecule has 1 saturated heterocycles. The maximum absolute atomic E-state index is 5.68. The monoisotopic (exact) mass is 208 g/mol. The molecule has 0 radical (unpaired) electrons. The Labute approximate surface area is 91.3 Å². The van der Waals surface area contributed by atoms with Gasteiger partial charge in [0.05, 0.1) is 11.7 Å². The molecule has 1 fully saturated rings. The molecule has 0 bridgehead atoms. The van der Waals surface area contributed by atoms with Gasteiger partial charge in [-0.3, -0.25) is 0 Å². The zero-order valence-electron chi connectivity index (χ0n) is 9.84. The van der Waals surface area contributed by atoms with E-state index in [-0.39, 0.29) is 0 Å². The normalized spacial score (nSPS) is 22.3. The van der Waals surface area contributed by atoms with E-state index in [4.69, 9.17) is 4.42 Å². The summed E-state index contributed by atoms with van der Waals surface area (Å²) in [5.74, 6) is 2.23. The average Bonchev–Trinajstić information content (AvgIpc) is 2.62. The van der Waals surface area contributed by atoms with Gasteiger partial charge in [0.25, 0.3) is 0 Å². The lowest BCUT2D eigenvalue weighted by atomic mass is 10.0. The molecule has 1 aliphatic rings. The molecule has 1 aliphatic heterocycles. The summed E-state index contributed by atoms with van der Waals surface area (Å²) >= 11 is 0. The van der Waals surface area contributed by atoms with Crippen LogP contribution in [0.2, 0.25) is 0 Å². The Morgan fingerprint density at radius 2 is 2.20 bits per heavy atom. The van der Waals surface area contributed by atoms with E-state index in [0.717, 1.165) is 23.9 Å². The van der Waals surface area contributed by atoms with E-state index in [2.05, 4.69) is 24.1 Å². The van der Waals surface area contributed by atoms with Crippen molar-refractivity contribution >= 4 is 0 Å². The molecular weight excluding hydrogens is 188 g/mol. The largest absolute Gasteiger partial charge is 0.445 e. The van der Waals surface area contributed by atoms with Crippen LogP contribution in [0.4, 0.5) is 0 Å². The van der Waals surface area contributed by atoms with Crippen LogP contribution in [0.3, 0.4) is 0 Å². The molecule has 2 rings (SSSR count). The van der Waals surface area contributed by atoms with Crippen molar-refractivity contribution in [3.63, 3.8) is 0 Å². The van der Waals surface area contributed by atoms with Gasteiger partial charge in [-0.05, 0) is 26.3 Å². The van der Waals surface area contributed by atoms with Crippen LogP contribution >= 0.6 is 0 Å². The highest BCUT2D eigenvalue weighted by Gasteiger charge is 2.22. The van der Waals surface area contributed by atoms with Gasteiger partial charge in [-0.15, -0.1) is 0 Å². The van der Waals surface area contributed by atoms with Crippen molar-refractivity contribution in [1.82, 2.24) is 10.3 Å².